The van der Waals surface area contributed by atoms with Crippen LogP contribution < -0.4 is 10.6 Å². The molecule has 1 atom stereocenters. The SMILES string of the molecule is CCCNC(CC)c1ccn(CC(=O)NC(C)(C)CC)c1. The summed E-state index contributed by atoms with van der Waals surface area (Å²) in [7, 11) is 0. The van der Waals surface area contributed by atoms with Gasteiger partial charge in [0.15, 0.2) is 0 Å². The molecule has 0 aromatic carbocycles. The molecular formula is C17H31N3O. The standard InChI is InChI=1S/C17H31N3O/c1-6-10-18-15(7-2)14-9-11-20(12-14)13-16(21)19-17(4,5)8-3/h9,11-12,15,18H,6-8,10,13H2,1-5H3,(H,19,21). The van der Waals surface area contributed by atoms with Crippen molar-refractivity contribution < 1.29 is 4.79 Å². The van der Waals surface area contributed by atoms with Crippen LogP contribution >= 0.6 is 0 Å². The van der Waals surface area contributed by atoms with Gasteiger partial charge in [0.05, 0.1) is 0 Å². The molecule has 1 rings (SSSR count). The Labute approximate surface area is 129 Å². The minimum Gasteiger partial charge on any atom is -0.350 e. The average molecular weight is 293 g/mol. The van der Waals surface area contributed by atoms with E-state index in [1.807, 2.05) is 24.6 Å². The van der Waals surface area contributed by atoms with Crippen molar-refractivity contribution in [2.24, 2.45) is 0 Å². The smallest absolute Gasteiger partial charge is 0.240 e. The molecule has 1 aromatic heterocycles. The highest BCUT2D eigenvalue weighted by Gasteiger charge is 2.18. The molecule has 0 saturated carbocycles. The lowest BCUT2D eigenvalue weighted by atomic mass is 10.0. The van der Waals surface area contributed by atoms with Gasteiger partial charge in [0, 0.05) is 24.0 Å². The molecule has 1 amide bonds. The van der Waals surface area contributed by atoms with Crippen molar-refractivity contribution in [2.45, 2.75) is 72.0 Å². The predicted octanol–water partition coefficient (Wildman–Crippen LogP) is 3.24. The summed E-state index contributed by atoms with van der Waals surface area (Å²) < 4.78 is 1.96. The number of carbonyl (C=O) groups is 1. The van der Waals surface area contributed by atoms with Gasteiger partial charge in [-0.2, -0.15) is 0 Å². The first kappa shape index (κ1) is 17.8. The maximum absolute atomic E-state index is 12.1. The van der Waals surface area contributed by atoms with Gasteiger partial charge in [0.2, 0.25) is 5.91 Å². The van der Waals surface area contributed by atoms with Crippen LogP contribution in [0.2, 0.25) is 0 Å². The number of rotatable bonds is 9. The van der Waals surface area contributed by atoms with Gasteiger partial charge in [-0.3, -0.25) is 4.79 Å². The second kappa shape index (κ2) is 8.23. The van der Waals surface area contributed by atoms with Crippen LogP contribution in [0.4, 0.5) is 0 Å². The zero-order valence-corrected chi connectivity index (χ0v) is 14.2. The van der Waals surface area contributed by atoms with Crippen molar-refractivity contribution in [3.63, 3.8) is 0 Å². The lowest BCUT2D eigenvalue weighted by molar-refractivity contribution is -0.123. The third-order valence-corrected chi connectivity index (χ3v) is 3.91. The van der Waals surface area contributed by atoms with Crippen LogP contribution in [0.5, 0.6) is 0 Å². The molecule has 0 aliphatic heterocycles. The fourth-order valence-corrected chi connectivity index (χ4v) is 2.25. The van der Waals surface area contributed by atoms with Crippen LogP contribution in [0.1, 0.15) is 65.5 Å². The Morgan fingerprint density at radius 3 is 2.62 bits per heavy atom. The second-order valence-corrected chi connectivity index (χ2v) is 6.32. The van der Waals surface area contributed by atoms with E-state index in [1.54, 1.807) is 0 Å². The fraction of sp³-hybridized carbons (Fsp3) is 0.706. The number of hydrogen-bond acceptors (Lipinski definition) is 2. The molecule has 1 aromatic rings. The van der Waals surface area contributed by atoms with Gasteiger partial charge >= 0.3 is 0 Å². The molecule has 4 nitrogen and oxygen atoms in total. The molecule has 0 aliphatic carbocycles. The first-order valence-electron chi connectivity index (χ1n) is 8.12. The van der Waals surface area contributed by atoms with Crippen LogP contribution in [-0.2, 0) is 11.3 Å². The van der Waals surface area contributed by atoms with Crippen molar-refractivity contribution in [2.75, 3.05) is 6.54 Å². The average Bonchev–Trinajstić information content (AvgIpc) is 2.87. The van der Waals surface area contributed by atoms with Crippen LogP contribution in [0.25, 0.3) is 0 Å². The van der Waals surface area contributed by atoms with E-state index in [2.05, 4.69) is 43.7 Å². The number of carbonyl (C=O) groups excluding carboxylic acids is 1. The zero-order valence-electron chi connectivity index (χ0n) is 14.2. The molecule has 0 fully saturated rings. The number of nitrogens with zero attached hydrogens (tertiary/aromatic N) is 1. The molecule has 1 heterocycles. The summed E-state index contributed by atoms with van der Waals surface area (Å²) in [6.45, 7) is 11.9. The minimum atomic E-state index is -0.137. The lowest BCUT2D eigenvalue weighted by Crippen LogP contribution is -2.44. The highest BCUT2D eigenvalue weighted by Crippen LogP contribution is 2.17. The van der Waals surface area contributed by atoms with Crippen LogP contribution in [0.15, 0.2) is 18.5 Å². The lowest BCUT2D eigenvalue weighted by Gasteiger charge is -2.24. The Hall–Kier alpha value is -1.29. The van der Waals surface area contributed by atoms with Gasteiger partial charge in [-0.15, -0.1) is 0 Å². The van der Waals surface area contributed by atoms with Gasteiger partial charge in [0.25, 0.3) is 0 Å². The first-order valence-corrected chi connectivity index (χ1v) is 8.12. The molecule has 4 heteroatoms. The summed E-state index contributed by atoms with van der Waals surface area (Å²) in [5.74, 6) is 0.0681. The zero-order chi connectivity index (χ0) is 15.9. The minimum absolute atomic E-state index is 0.0681. The van der Waals surface area contributed by atoms with Crippen molar-refractivity contribution in [1.82, 2.24) is 15.2 Å². The van der Waals surface area contributed by atoms with Gasteiger partial charge in [0.1, 0.15) is 6.54 Å². The Balaban J connectivity index is 2.60. The molecule has 21 heavy (non-hydrogen) atoms. The van der Waals surface area contributed by atoms with Crippen molar-refractivity contribution in [3.05, 3.63) is 24.0 Å². The van der Waals surface area contributed by atoms with E-state index in [9.17, 15) is 4.79 Å². The van der Waals surface area contributed by atoms with Crippen LogP contribution in [-0.4, -0.2) is 22.6 Å². The Kier molecular flexibility index (Phi) is 6.96. The van der Waals surface area contributed by atoms with E-state index in [0.717, 1.165) is 25.8 Å². The second-order valence-electron chi connectivity index (χ2n) is 6.32. The summed E-state index contributed by atoms with van der Waals surface area (Å²) in [6.07, 6.45) is 7.18. The van der Waals surface area contributed by atoms with Crippen molar-refractivity contribution in [3.8, 4) is 0 Å². The van der Waals surface area contributed by atoms with Crippen molar-refractivity contribution in [1.29, 1.82) is 0 Å². The summed E-state index contributed by atoms with van der Waals surface area (Å²) in [5, 5.41) is 6.60. The van der Waals surface area contributed by atoms with E-state index in [-0.39, 0.29) is 11.4 Å². The summed E-state index contributed by atoms with van der Waals surface area (Å²) >= 11 is 0. The third kappa shape index (κ3) is 5.92. The number of amides is 1. The molecule has 0 spiro atoms. The fourth-order valence-electron chi connectivity index (χ4n) is 2.25. The summed E-state index contributed by atoms with van der Waals surface area (Å²) in [4.78, 5) is 12.1. The molecular weight excluding hydrogens is 262 g/mol. The quantitative estimate of drug-likeness (QED) is 0.734. The molecule has 2 N–H and O–H groups in total. The van der Waals surface area contributed by atoms with Gasteiger partial charge in [-0.1, -0.05) is 20.8 Å². The van der Waals surface area contributed by atoms with Gasteiger partial charge in [-0.05, 0) is 51.3 Å². The van der Waals surface area contributed by atoms with E-state index >= 15 is 0 Å². The van der Waals surface area contributed by atoms with E-state index in [0.29, 0.717) is 12.6 Å². The Morgan fingerprint density at radius 1 is 1.33 bits per heavy atom. The van der Waals surface area contributed by atoms with E-state index < -0.39 is 0 Å². The highest BCUT2D eigenvalue weighted by atomic mass is 16.2. The number of hydrogen-bond donors (Lipinski definition) is 2. The highest BCUT2D eigenvalue weighted by molar-refractivity contribution is 5.76. The van der Waals surface area contributed by atoms with Crippen LogP contribution in [0.3, 0.4) is 0 Å². The third-order valence-electron chi connectivity index (χ3n) is 3.91. The van der Waals surface area contributed by atoms with E-state index in [1.165, 1.54) is 5.56 Å². The van der Waals surface area contributed by atoms with Crippen LogP contribution in [0, 0.1) is 0 Å². The molecule has 0 radical (unpaired) electrons. The van der Waals surface area contributed by atoms with Crippen molar-refractivity contribution >= 4 is 5.91 Å². The Bertz CT molecular complexity index is 437. The van der Waals surface area contributed by atoms with Gasteiger partial charge in [-0.25, -0.2) is 0 Å². The Morgan fingerprint density at radius 2 is 2.05 bits per heavy atom. The molecule has 0 saturated heterocycles. The maximum Gasteiger partial charge on any atom is 0.240 e. The maximum atomic E-state index is 12.1. The van der Waals surface area contributed by atoms with E-state index in [4.69, 9.17) is 0 Å². The number of aromatic nitrogens is 1. The first-order chi connectivity index (χ1) is 9.91. The molecule has 0 bridgehead atoms. The predicted molar refractivity (Wildman–Crippen MR) is 88.3 cm³/mol. The molecule has 0 aliphatic rings. The monoisotopic (exact) mass is 293 g/mol. The normalized spacial score (nSPS) is 13.2. The molecule has 1 unspecified atom stereocenters. The number of nitrogens with one attached hydrogen (secondary N) is 2. The van der Waals surface area contributed by atoms with Gasteiger partial charge < -0.3 is 15.2 Å². The topological polar surface area (TPSA) is 46.1 Å². The summed E-state index contributed by atoms with van der Waals surface area (Å²) in [6, 6.07) is 2.48. The largest absolute Gasteiger partial charge is 0.350 e. The summed E-state index contributed by atoms with van der Waals surface area (Å²) in [5.41, 5.74) is 1.12. The molecule has 120 valence electrons.